The molecule has 0 aliphatic carbocycles. The van der Waals surface area contributed by atoms with E-state index in [1.165, 1.54) is 36.4 Å². The van der Waals surface area contributed by atoms with Crippen molar-refractivity contribution in [3.8, 4) is 11.1 Å². The second-order valence-electron chi connectivity index (χ2n) is 5.11. The largest absolute Gasteiger partial charge is 0.478 e. The molecule has 0 heterocycles. The summed E-state index contributed by atoms with van der Waals surface area (Å²) in [7, 11) is 2.32. The molecule has 0 saturated heterocycles. The lowest BCUT2D eigenvalue weighted by Crippen LogP contribution is -2.09. The molecular formula is C18H14O8. The van der Waals surface area contributed by atoms with Crippen LogP contribution in [-0.2, 0) is 9.47 Å². The van der Waals surface area contributed by atoms with Crippen LogP contribution in [0.3, 0.4) is 0 Å². The maximum atomic E-state index is 11.8. The van der Waals surface area contributed by atoms with Crippen LogP contribution in [0.4, 0.5) is 0 Å². The van der Waals surface area contributed by atoms with Gasteiger partial charge in [-0.3, -0.25) is 0 Å². The van der Waals surface area contributed by atoms with E-state index in [-0.39, 0.29) is 33.4 Å². The fourth-order valence-electron chi connectivity index (χ4n) is 2.40. The molecule has 0 spiro atoms. The van der Waals surface area contributed by atoms with Crippen LogP contribution < -0.4 is 0 Å². The van der Waals surface area contributed by atoms with E-state index in [4.69, 9.17) is 0 Å². The van der Waals surface area contributed by atoms with Crippen LogP contribution in [0.2, 0.25) is 0 Å². The SMILES string of the molecule is COC(=O)c1ccc(C(=O)O)c(-c2cc(C(=O)OC)ccc2C(=O)O)c1. The van der Waals surface area contributed by atoms with Crippen LogP contribution in [0.1, 0.15) is 41.4 Å². The number of carboxylic acid groups (broad SMARTS) is 2. The average Bonchev–Trinajstić information content (AvgIpc) is 2.65. The monoisotopic (exact) mass is 358 g/mol. The number of methoxy groups -OCH3 is 2. The molecule has 0 aliphatic rings. The molecule has 8 nitrogen and oxygen atoms in total. The van der Waals surface area contributed by atoms with Crippen molar-refractivity contribution >= 4 is 23.9 Å². The Balaban J connectivity index is 2.82. The highest BCUT2D eigenvalue weighted by Crippen LogP contribution is 2.30. The van der Waals surface area contributed by atoms with E-state index in [1.54, 1.807) is 0 Å². The molecule has 0 radical (unpaired) electrons. The van der Waals surface area contributed by atoms with Gasteiger partial charge in [0.05, 0.1) is 36.5 Å². The summed E-state index contributed by atoms with van der Waals surface area (Å²) in [5.41, 5.74) is -0.476. The Bertz CT molecular complexity index is 838. The van der Waals surface area contributed by atoms with Gasteiger partial charge in [0, 0.05) is 0 Å². The molecule has 2 aromatic carbocycles. The van der Waals surface area contributed by atoms with E-state index in [9.17, 15) is 29.4 Å². The molecule has 2 aromatic rings. The third-order valence-electron chi connectivity index (χ3n) is 3.63. The lowest BCUT2D eigenvalue weighted by molar-refractivity contribution is 0.0591. The van der Waals surface area contributed by atoms with E-state index < -0.39 is 23.9 Å². The molecular weight excluding hydrogens is 344 g/mol. The van der Waals surface area contributed by atoms with Gasteiger partial charge in [0.15, 0.2) is 0 Å². The molecule has 2 N–H and O–H groups in total. The van der Waals surface area contributed by atoms with Crippen LogP contribution >= 0.6 is 0 Å². The minimum atomic E-state index is -1.32. The van der Waals surface area contributed by atoms with Crippen LogP contribution in [0.15, 0.2) is 36.4 Å². The Hall–Kier alpha value is -3.68. The van der Waals surface area contributed by atoms with Crippen molar-refractivity contribution in [2.24, 2.45) is 0 Å². The molecule has 0 amide bonds. The van der Waals surface area contributed by atoms with Crippen molar-refractivity contribution in [2.45, 2.75) is 0 Å². The highest BCUT2D eigenvalue weighted by Gasteiger charge is 2.22. The predicted molar refractivity (Wildman–Crippen MR) is 88.5 cm³/mol. The molecule has 0 aliphatic heterocycles. The predicted octanol–water partition coefficient (Wildman–Crippen LogP) is 2.32. The van der Waals surface area contributed by atoms with E-state index in [1.807, 2.05) is 0 Å². The Kier molecular flexibility index (Phi) is 5.36. The van der Waals surface area contributed by atoms with E-state index in [0.717, 1.165) is 14.2 Å². The number of carbonyl (C=O) groups is 4. The zero-order valence-corrected chi connectivity index (χ0v) is 13.8. The zero-order valence-electron chi connectivity index (χ0n) is 13.8. The number of rotatable bonds is 5. The summed E-state index contributed by atoms with van der Waals surface area (Å²) in [6.07, 6.45) is 0. The lowest BCUT2D eigenvalue weighted by Gasteiger charge is -2.12. The molecule has 0 unspecified atom stereocenters. The highest BCUT2D eigenvalue weighted by atomic mass is 16.5. The first kappa shape index (κ1) is 18.7. The van der Waals surface area contributed by atoms with Gasteiger partial charge in [-0.1, -0.05) is 0 Å². The van der Waals surface area contributed by atoms with Gasteiger partial charge < -0.3 is 19.7 Å². The zero-order chi connectivity index (χ0) is 19.4. The number of aromatic carboxylic acids is 2. The van der Waals surface area contributed by atoms with Gasteiger partial charge in [0.1, 0.15) is 0 Å². The second kappa shape index (κ2) is 7.47. The first-order valence-electron chi connectivity index (χ1n) is 7.21. The van der Waals surface area contributed by atoms with Crippen molar-refractivity contribution in [1.82, 2.24) is 0 Å². The van der Waals surface area contributed by atoms with Crippen LogP contribution in [0.25, 0.3) is 11.1 Å². The van der Waals surface area contributed by atoms with Crippen LogP contribution in [0, 0.1) is 0 Å². The summed E-state index contributed by atoms with van der Waals surface area (Å²) in [4.78, 5) is 46.6. The molecule has 26 heavy (non-hydrogen) atoms. The summed E-state index contributed by atoms with van der Waals surface area (Å²) >= 11 is 0. The smallest absolute Gasteiger partial charge is 0.337 e. The lowest BCUT2D eigenvalue weighted by atomic mass is 9.92. The number of hydrogen-bond donors (Lipinski definition) is 2. The van der Waals surface area contributed by atoms with Gasteiger partial charge in [-0.15, -0.1) is 0 Å². The van der Waals surface area contributed by atoms with Gasteiger partial charge in [-0.05, 0) is 47.5 Å². The van der Waals surface area contributed by atoms with Gasteiger partial charge in [0.25, 0.3) is 0 Å². The third kappa shape index (κ3) is 3.54. The van der Waals surface area contributed by atoms with E-state index in [0.29, 0.717) is 0 Å². The average molecular weight is 358 g/mol. The Labute approximate surface area is 147 Å². The van der Waals surface area contributed by atoms with Crippen LogP contribution in [-0.4, -0.2) is 48.3 Å². The minimum absolute atomic E-state index is 0.0345. The summed E-state index contributed by atoms with van der Waals surface area (Å²) in [6, 6.07) is 7.25. The van der Waals surface area contributed by atoms with E-state index in [2.05, 4.69) is 9.47 Å². The van der Waals surface area contributed by atoms with Crippen molar-refractivity contribution in [1.29, 1.82) is 0 Å². The van der Waals surface area contributed by atoms with Crippen molar-refractivity contribution < 1.29 is 38.9 Å². The molecule has 0 saturated carbocycles. The van der Waals surface area contributed by atoms with Crippen molar-refractivity contribution in [3.05, 3.63) is 58.7 Å². The first-order chi connectivity index (χ1) is 12.3. The molecule has 0 aromatic heterocycles. The Morgan fingerprint density at radius 2 is 1.04 bits per heavy atom. The summed E-state index contributed by atoms with van der Waals surface area (Å²) in [5, 5.41) is 18.8. The van der Waals surface area contributed by atoms with Gasteiger partial charge in [-0.25, -0.2) is 19.2 Å². The highest BCUT2D eigenvalue weighted by molar-refractivity contribution is 6.05. The molecule has 0 atom stereocenters. The molecule has 134 valence electrons. The number of carbonyl (C=O) groups excluding carboxylic acids is 2. The van der Waals surface area contributed by atoms with Gasteiger partial charge >= 0.3 is 23.9 Å². The summed E-state index contributed by atoms with van der Waals surface area (Å²) in [5.74, 6) is -4.08. The number of hydrogen-bond acceptors (Lipinski definition) is 6. The molecule has 2 rings (SSSR count). The number of benzene rings is 2. The number of ether oxygens (including phenoxy) is 2. The van der Waals surface area contributed by atoms with Gasteiger partial charge in [-0.2, -0.15) is 0 Å². The fraction of sp³-hybridized carbons (Fsp3) is 0.111. The normalized spacial score (nSPS) is 10.1. The maximum Gasteiger partial charge on any atom is 0.337 e. The summed E-state index contributed by atoms with van der Waals surface area (Å²) < 4.78 is 9.22. The number of carboxylic acids is 2. The van der Waals surface area contributed by atoms with Crippen molar-refractivity contribution in [2.75, 3.05) is 14.2 Å². The number of esters is 2. The first-order valence-corrected chi connectivity index (χ1v) is 7.21. The second-order valence-corrected chi connectivity index (χ2v) is 5.11. The van der Waals surface area contributed by atoms with Crippen molar-refractivity contribution in [3.63, 3.8) is 0 Å². The molecule has 8 heteroatoms. The molecule has 0 fully saturated rings. The Morgan fingerprint density at radius 1 is 0.692 bits per heavy atom. The topological polar surface area (TPSA) is 127 Å². The Morgan fingerprint density at radius 3 is 1.31 bits per heavy atom. The standard InChI is InChI=1S/C18H14O8/c1-25-17(23)9-3-5-11(15(19)20)13(7-9)14-8-10(18(24)26-2)4-6-12(14)16(21)22/h3-8H,1-2H3,(H,19,20)(H,21,22). The summed E-state index contributed by atoms with van der Waals surface area (Å²) in [6.45, 7) is 0. The fourth-order valence-corrected chi connectivity index (χ4v) is 2.40. The minimum Gasteiger partial charge on any atom is -0.478 e. The van der Waals surface area contributed by atoms with E-state index >= 15 is 0 Å². The maximum absolute atomic E-state index is 11.8. The van der Waals surface area contributed by atoms with Gasteiger partial charge in [0.2, 0.25) is 0 Å². The molecule has 0 bridgehead atoms. The van der Waals surface area contributed by atoms with Crippen LogP contribution in [0.5, 0.6) is 0 Å². The quantitative estimate of drug-likeness (QED) is 0.780. The third-order valence-corrected chi connectivity index (χ3v) is 3.63.